The number of carbonyl (C=O) groups is 1. The third-order valence-corrected chi connectivity index (χ3v) is 2.78. The summed E-state index contributed by atoms with van der Waals surface area (Å²) in [6.07, 6.45) is 4.35. The fourth-order valence-corrected chi connectivity index (χ4v) is 2.04. The molecule has 0 spiro atoms. The zero-order valence-corrected chi connectivity index (χ0v) is 9.18. The van der Waals surface area contributed by atoms with Crippen LogP contribution in [0.4, 0.5) is 0 Å². The number of rotatable bonds is 3. The minimum absolute atomic E-state index is 0.169. The predicted molar refractivity (Wildman–Crippen MR) is 58.0 cm³/mol. The van der Waals surface area contributed by atoms with Crippen LogP contribution < -0.4 is 0 Å². The van der Waals surface area contributed by atoms with Crippen molar-refractivity contribution in [3.05, 3.63) is 0 Å². The average molecular weight is 193 g/mol. The van der Waals surface area contributed by atoms with Crippen LogP contribution in [0.3, 0.4) is 0 Å². The summed E-state index contributed by atoms with van der Waals surface area (Å²) in [6.45, 7) is 5.58. The Hall–Kier alpha value is -0.810. The minimum atomic E-state index is 0.169. The van der Waals surface area contributed by atoms with E-state index < -0.39 is 0 Å². The van der Waals surface area contributed by atoms with Crippen LogP contribution in [-0.4, -0.2) is 29.8 Å². The maximum atomic E-state index is 11.4. The van der Waals surface area contributed by atoms with Gasteiger partial charge in [0.15, 0.2) is 0 Å². The zero-order valence-electron chi connectivity index (χ0n) is 9.18. The summed E-state index contributed by atoms with van der Waals surface area (Å²) < 4.78 is 0. The van der Waals surface area contributed by atoms with Crippen molar-refractivity contribution < 1.29 is 4.79 Å². The Morgan fingerprint density at radius 2 is 2.29 bits per heavy atom. The van der Waals surface area contributed by atoms with Crippen LogP contribution in [-0.2, 0) is 4.79 Å². The topological polar surface area (TPSA) is 20.3 Å². The molecule has 0 aromatic carbocycles. The first kappa shape index (κ1) is 11.3. The number of nitrogens with zero attached hydrogens (tertiary/aromatic N) is 1. The largest absolute Gasteiger partial charge is 0.298 e. The van der Waals surface area contributed by atoms with Gasteiger partial charge in [-0.15, -0.1) is 11.8 Å². The summed E-state index contributed by atoms with van der Waals surface area (Å²) in [5.41, 5.74) is 0. The molecule has 1 rings (SSSR count). The molecule has 0 N–H and O–H groups in total. The van der Waals surface area contributed by atoms with Crippen LogP contribution in [0, 0.1) is 11.8 Å². The van der Waals surface area contributed by atoms with Gasteiger partial charge in [-0.1, -0.05) is 6.42 Å². The summed E-state index contributed by atoms with van der Waals surface area (Å²) in [5, 5.41) is 0. The van der Waals surface area contributed by atoms with E-state index >= 15 is 0 Å². The second-order valence-electron chi connectivity index (χ2n) is 3.83. The van der Waals surface area contributed by atoms with Crippen molar-refractivity contribution in [3.8, 4) is 11.8 Å². The molecule has 0 bridgehead atoms. The number of likely N-dealkylation sites (tertiary alicyclic amines) is 1. The SMILES string of the molecule is CC#CCCN1CCCCC1C(C)=O. The van der Waals surface area contributed by atoms with Gasteiger partial charge in [-0.25, -0.2) is 0 Å². The monoisotopic (exact) mass is 193 g/mol. The van der Waals surface area contributed by atoms with Crippen LogP contribution in [0.15, 0.2) is 0 Å². The fraction of sp³-hybridized carbons (Fsp3) is 0.750. The third-order valence-electron chi connectivity index (χ3n) is 2.78. The lowest BCUT2D eigenvalue weighted by Crippen LogP contribution is -2.44. The molecule has 2 heteroatoms. The lowest BCUT2D eigenvalue weighted by Gasteiger charge is -2.33. The summed E-state index contributed by atoms with van der Waals surface area (Å²) in [4.78, 5) is 13.7. The number of hydrogen-bond donors (Lipinski definition) is 0. The van der Waals surface area contributed by atoms with E-state index in [1.165, 1.54) is 12.8 Å². The highest BCUT2D eigenvalue weighted by atomic mass is 16.1. The maximum absolute atomic E-state index is 11.4. The van der Waals surface area contributed by atoms with Crippen molar-refractivity contribution in [2.24, 2.45) is 0 Å². The molecule has 0 aromatic heterocycles. The first-order valence-corrected chi connectivity index (χ1v) is 5.40. The van der Waals surface area contributed by atoms with Gasteiger partial charge < -0.3 is 0 Å². The van der Waals surface area contributed by atoms with E-state index in [9.17, 15) is 4.79 Å². The summed E-state index contributed by atoms with van der Waals surface area (Å²) in [7, 11) is 0. The van der Waals surface area contributed by atoms with E-state index in [0.29, 0.717) is 5.78 Å². The van der Waals surface area contributed by atoms with Gasteiger partial charge in [-0.2, -0.15) is 0 Å². The average Bonchev–Trinajstić information content (AvgIpc) is 2.19. The van der Waals surface area contributed by atoms with Crippen LogP contribution in [0.25, 0.3) is 0 Å². The molecule has 1 aliphatic heterocycles. The van der Waals surface area contributed by atoms with Gasteiger partial charge in [0.1, 0.15) is 5.78 Å². The summed E-state index contributed by atoms with van der Waals surface area (Å²) >= 11 is 0. The Bertz CT molecular complexity index is 249. The molecule has 0 saturated carbocycles. The van der Waals surface area contributed by atoms with Crippen LogP contribution >= 0.6 is 0 Å². The van der Waals surface area contributed by atoms with Crippen molar-refractivity contribution in [3.63, 3.8) is 0 Å². The second kappa shape index (κ2) is 5.82. The lowest BCUT2D eigenvalue weighted by atomic mass is 9.99. The molecule has 1 atom stereocenters. The highest BCUT2D eigenvalue weighted by Gasteiger charge is 2.24. The molecule has 14 heavy (non-hydrogen) atoms. The summed E-state index contributed by atoms with van der Waals surface area (Å²) in [6, 6.07) is 0.169. The van der Waals surface area contributed by atoms with E-state index in [0.717, 1.165) is 25.9 Å². The van der Waals surface area contributed by atoms with E-state index in [4.69, 9.17) is 0 Å². The molecule has 78 valence electrons. The van der Waals surface area contributed by atoms with Crippen LogP contribution in [0.2, 0.25) is 0 Å². The Kier molecular flexibility index (Phi) is 4.69. The number of carbonyl (C=O) groups excluding carboxylic acids is 1. The predicted octanol–water partition coefficient (Wildman–Crippen LogP) is 1.84. The third kappa shape index (κ3) is 3.16. The Morgan fingerprint density at radius 3 is 2.93 bits per heavy atom. The molecule has 2 nitrogen and oxygen atoms in total. The highest BCUT2D eigenvalue weighted by Crippen LogP contribution is 2.17. The van der Waals surface area contributed by atoms with Crippen molar-refractivity contribution in [2.45, 2.75) is 45.6 Å². The van der Waals surface area contributed by atoms with E-state index in [-0.39, 0.29) is 6.04 Å². The minimum Gasteiger partial charge on any atom is -0.298 e. The summed E-state index contributed by atoms with van der Waals surface area (Å²) in [5.74, 6) is 6.26. The van der Waals surface area contributed by atoms with Crippen molar-refractivity contribution >= 4 is 5.78 Å². The first-order valence-electron chi connectivity index (χ1n) is 5.40. The molecule has 1 saturated heterocycles. The molecule has 0 amide bonds. The first-order chi connectivity index (χ1) is 6.75. The molecule has 0 aliphatic carbocycles. The molecular weight excluding hydrogens is 174 g/mol. The highest BCUT2D eigenvalue weighted by molar-refractivity contribution is 5.81. The molecule has 0 radical (unpaired) electrons. The van der Waals surface area contributed by atoms with E-state index in [2.05, 4.69) is 16.7 Å². The quantitative estimate of drug-likeness (QED) is 0.637. The van der Waals surface area contributed by atoms with Crippen LogP contribution in [0.1, 0.15) is 39.5 Å². The van der Waals surface area contributed by atoms with Gasteiger partial charge in [0.05, 0.1) is 6.04 Å². The van der Waals surface area contributed by atoms with Crippen molar-refractivity contribution in [1.29, 1.82) is 0 Å². The van der Waals surface area contributed by atoms with E-state index in [1.54, 1.807) is 6.92 Å². The van der Waals surface area contributed by atoms with Crippen molar-refractivity contribution in [1.82, 2.24) is 4.90 Å². The van der Waals surface area contributed by atoms with Gasteiger partial charge in [0, 0.05) is 13.0 Å². The fourth-order valence-electron chi connectivity index (χ4n) is 2.04. The molecule has 1 unspecified atom stereocenters. The Morgan fingerprint density at radius 1 is 1.50 bits per heavy atom. The number of ketones is 1. The van der Waals surface area contributed by atoms with Gasteiger partial charge in [0.25, 0.3) is 0 Å². The number of piperidine rings is 1. The Balaban J connectivity index is 2.44. The van der Waals surface area contributed by atoms with Gasteiger partial charge in [-0.05, 0) is 33.2 Å². The van der Waals surface area contributed by atoms with E-state index in [1.807, 2.05) is 6.92 Å². The smallest absolute Gasteiger partial charge is 0.146 e. The molecule has 1 heterocycles. The number of Topliss-reactive ketones (excluding diaryl/α,β-unsaturated/α-hetero) is 1. The standard InChI is InChI=1S/C12H19NO/c1-3-4-6-9-13-10-7-5-8-12(13)11(2)14/h12H,5-10H2,1-2H3. The number of hydrogen-bond acceptors (Lipinski definition) is 2. The lowest BCUT2D eigenvalue weighted by molar-refractivity contribution is -0.123. The van der Waals surface area contributed by atoms with Gasteiger partial charge in [-0.3, -0.25) is 9.69 Å². The second-order valence-corrected chi connectivity index (χ2v) is 3.83. The molecule has 0 aromatic rings. The molecule has 1 fully saturated rings. The zero-order chi connectivity index (χ0) is 10.4. The maximum Gasteiger partial charge on any atom is 0.146 e. The van der Waals surface area contributed by atoms with Gasteiger partial charge in [0.2, 0.25) is 0 Å². The normalized spacial score (nSPS) is 22.6. The van der Waals surface area contributed by atoms with Gasteiger partial charge >= 0.3 is 0 Å². The molecular formula is C12H19NO. The molecule has 1 aliphatic rings. The van der Waals surface area contributed by atoms with Crippen LogP contribution in [0.5, 0.6) is 0 Å². The van der Waals surface area contributed by atoms with Crippen molar-refractivity contribution in [2.75, 3.05) is 13.1 Å². The Labute approximate surface area is 86.7 Å².